The molecule has 1 aromatic heterocycles. The molecule has 154 valence electrons. The van der Waals surface area contributed by atoms with Crippen LogP contribution in [-0.2, 0) is 9.53 Å². The number of aryl methyl sites for hydroxylation is 1. The molecule has 0 bridgehead atoms. The topological polar surface area (TPSA) is 108 Å². The standard InChI is InChI=1S/C19H29N5O4/c1-3-28-19(27)24-10-6-15(7-11-24)22-16-12-17(21-13(2)20-16)23-8-4-14(5-9-23)18(25)26/h12,14-15H,3-11H2,1-2H3,(H,25,26)(H,20,21,22). The molecule has 0 radical (unpaired) electrons. The van der Waals surface area contributed by atoms with Gasteiger partial charge in [-0.05, 0) is 39.5 Å². The lowest BCUT2D eigenvalue weighted by Crippen LogP contribution is -2.42. The van der Waals surface area contributed by atoms with Gasteiger partial charge < -0.3 is 25.0 Å². The van der Waals surface area contributed by atoms with Gasteiger partial charge in [-0.3, -0.25) is 4.79 Å². The molecular formula is C19H29N5O4. The number of rotatable bonds is 5. The molecule has 1 aromatic rings. The summed E-state index contributed by atoms with van der Waals surface area (Å²) in [5.74, 6) is 1.32. The van der Waals surface area contributed by atoms with E-state index >= 15 is 0 Å². The van der Waals surface area contributed by atoms with E-state index in [1.807, 2.05) is 19.9 Å². The summed E-state index contributed by atoms with van der Waals surface area (Å²) in [6.45, 7) is 6.76. The maximum Gasteiger partial charge on any atom is 0.409 e. The number of amides is 1. The summed E-state index contributed by atoms with van der Waals surface area (Å²) >= 11 is 0. The van der Waals surface area contributed by atoms with E-state index in [-0.39, 0.29) is 18.1 Å². The zero-order chi connectivity index (χ0) is 20.1. The first-order valence-electron chi connectivity index (χ1n) is 9.98. The first-order valence-corrected chi connectivity index (χ1v) is 9.98. The number of piperidine rings is 2. The van der Waals surface area contributed by atoms with Crippen LogP contribution in [0.3, 0.4) is 0 Å². The Morgan fingerprint density at radius 1 is 1.18 bits per heavy atom. The highest BCUT2D eigenvalue weighted by atomic mass is 16.6. The normalized spacial score (nSPS) is 18.8. The van der Waals surface area contributed by atoms with Crippen LogP contribution in [0.5, 0.6) is 0 Å². The average Bonchev–Trinajstić information content (AvgIpc) is 2.68. The molecule has 9 nitrogen and oxygen atoms in total. The quantitative estimate of drug-likeness (QED) is 0.786. The van der Waals surface area contributed by atoms with E-state index in [9.17, 15) is 9.59 Å². The van der Waals surface area contributed by atoms with Crippen LogP contribution in [0.15, 0.2) is 6.07 Å². The smallest absolute Gasteiger partial charge is 0.409 e. The van der Waals surface area contributed by atoms with Gasteiger partial charge in [0.05, 0.1) is 12.5 Å². The van der Waals surface area contributed by atoms with Gasteiger partial charge >= 0.3 is 12.1 Å². The van der Waals surface area contributed by atoms with Crippen LogP contribution in [-0.4, -0.2) is 70.9 Å². The lowest BCUT2D eigenvalue weighted by atomic mass is 9.97. The maximum absolute atomic E-state index is 11.8. The molecule has 0 aromatic carbocycles. The van der Waals surface area contributed by atoms with Gasteiger partial charge in [-0.2, -0.15) is 0 Å². The summed E-state index contributed by atoms with van der Waals surface area (Å²) in [5, 5.41) is 12.6. The summed E-state index contributed by atoms with van der Waals surface area (Å²) in [6.07, 6.45) is 2.69. The van der Waals surface area contributed by atoms with Crippen LogP contribution in [0.1, 0.15) is 38.4 Å². The summed E-state index contributed by atoms with van der Waals surface area (Å²) in [5.41, 5.74) is 0. The first kappa shape index (κ1) is 20.2. The number of anilines is 2. The molecule has 0 unspecified atom stereocenters. The number of carbonyl (C=O) groups is 2. The van der Waals surface area contributed by atoms with Crippen molar-refractivity contribution in [1.29, 1.82) is 0 Å². The molecule has 3 rings (SSSR count). The number of likely N-dealkylation sites (tertiary alicyclic amines) is 1. The monoisotopic (exact) mass is 391 g/mol. The van der Waals surface area contributed by atoms with Crippen LogP contribution < -0.4 is 10.2 Å². The Balaban J connectivity index is 1.57. The van der Waals surface area contributed by atoms with Gasteiger partial charge in [0.1, 0.15) is 17.5 Å². The van der Waals surface area contributed by atoms with Gasteiger partial charge in [0.15, 0.2) is 0 Å². The van der Waals surface area contributed by atoms with E-state index < -0.39 is 5.97 Å². The van der Waals surface area contributed by atoms with E-state index in [1.165, 1.54) is 0 Å². The van der Waals surface area contributed by atoms with Gasteiger partial charge in [-0.15, -0.1) is 0 Å². The third-order valence-corrected chi connectivity index (χ3v) is 5.37. The minimum Gasteiger partial charge on any atom is -0.481 e. The van der Waals surface area contributed by atoms with Gasteiger partial charge in [0, 0.05) is 38.3 Å². The number of nitrogens with zero attached hydrogens (tertiary/aromatic N) is 4. The van der Waals surface area contributed by atoms with Crippen LogP contribution in [0.2, 0.25) is 0 Å². The Morgan fingerprint density at radius 2 is 1.86 bits per heavy atom. The fourth-order valence-corrected chi connectivity index (χ4v) is 3.77. The molecule has 2 saturated heterocycles. The summed E-state index contributed by atoms with van der Waals surface area (Å²) in [6, 6.07) is 2.18. The van der Waals surface area contributed by atoms with E-state index in [0.717, 1.165) is 24.5 Å². The molecule has 3 heterocycles. The molecule has 2 fully saturated rings. The number of carboxylic acid groups (broad SMARTS) is 1. The third-order valence-electron chi connectivity index (χ3n) is 5.37. The van der Waals surface area contributed by atoms with Gasteiger partial charge in [-0.25, -0.2) is 14.8 Å². The third kappa shape index (κ3) is 5.02. The predicted molar refractivity (Wildman–Crippen MR) is 105 cm³/mol. The average molecular weight is 391 g/mol. The molecule has 2 N–H and O–H groups in total. The van der Waals surface area contributed by atoms with Crippen LogP contribution >= 0.6 is 0 Å². The number of hydrogen-bond donors (Lipinski definition) is 2. The van der Waals surface area contributed by atoms with Crippen LogP contribution in [0.25, 0.3) is 0 Å². The van der Waals surface area contributed by atoms with Crippen molar-refractivity contribution in [2.24, 2.45) is 5.92 Å². The fraction of sp³-hybridized carbons (Fsp3) is 0.684. The van der Waals surface area contributed by atoms with Crippen LogP contribution in [0.4, 0.5) is 16.4 Å². The van der Waals surface area contributed by atoms with Crippen molar-refractivity contribution in [3.63, 3.8) is 0 Å². The predicted octanol–water partition coefficient (Wildman–Crippen LogP) is 2.12. The van der Waals surface area contributed by atoms with E-state index in [0.29, 0.717) is 51.5 Å². The molecule has 0 saturated carbocycles. The van der Waals surface area contributed by atoms with Crippen molar-refractivity contribution < 1.29 is 19.4 Å². The second kappa shape index (κ2) is 9.07. The summed E-state index contributed by atoms with van der Waals surface area (Å²) in [4.78, 5) is 35.9. The second-order valence-electron chi connectivity index (χ2n) is 7.36. The number of aliphatic carboxylic acids is 1. The Morgan fingerprint density at radius 3 is 2.46 bits per heavy atom. The van der Waals surface area contributed by atoms with E-state index in [4.69, 9.17) is 9.84 Å². The Labute approximate surface area is 165 Å². The zero-order valence-corrected chi connectivity index (χ0v) is 16.6. The molecule has 2 aliphatic heterocycles. The minimum atomic E-state index is -0.713. The molecular weight excluding hydrogens is 362 g/mol. The van der Waals surface area contributed by atoms with Gasteiger partial charge in [0.2, 0.25) is 0 Å². The molecule has 0 aliphatic carbocycles. The van der Waals surface area contributed by atoms with Crippen molar-refractivity contribution in [2.45, 2.75) is 45.6 Å². The Hall–Kier alpha value is -2.58. The van der Waals surface area contributed by atoms with Crippen molar-refractivity contribution in [1.82, 2.24) is 14.9 Å². The van der Waals surface area contributed by atoms with Gasteiger partial charge in [-0.1, -0.05) is 0 Å². The summed E-state index contributed by atoms with van der Waals surface area (Å²) in [7, 11) is 0. The number of ether oxygens (including phenoxy) is 1. The fourth-order valence-electron chi connectivity index (χ4n) is 3.77. The van der Waals surface area contributed by atoms with Crippen molar-refractivity contribution in [2.75, 3.05) is 43.0 Å². The minimum absolute atomic E-state index is 0.241. The molecule has 9 heteroatoms. The lowest BCUT2D eigenvalue weighted by molar-refractivity contribution is -0.142. The first-order chi connectivity index (χ1) is 13.5. The summed E-state index contributed by atoms with van der Waals surface area (Å²) < 4.78 is 5.06. The van der Waals surface area contributed by atoms with E-state index in [2.05, 4.69) is 20.2 Å². The number of carboxylic acids is 1. The molecule has 0 spiro atoms. The highest BCUT2D eigenvalue weighted by Crippen LogP contribution is 2.25. The van der Waals surface area contributed by atoms with Crippen molar-refractivity contribution in [3.8, 4) is 0 Å². The molecule has 1 amide bonds. The second-order valence-corrected chi connectivity index (χ2v) is 7.36. The highest BCUT2D eigenvalue weighted by molar-refractivity contribution is 5.70. The van der Waals surface area contributed by atoms with Crippen molar-refractivity contribution in [3.05, 3.63) is 11.9 Å². The highest BCUT2D eigenvalue weighted by Gasteiger charge is 2.26. The maximum atomic E-state index is 11.8. The van der Waals surface area contributed by atoms with Crippen LogP contribution in [0, 0.1) is 12.8 Å². The number of carbonyl (C=O) groups excluding carboxylic acids is 1. The Kier molecular flexibility index (Phi) is 6.53. The molecule has 0 atom stereocenters. The number of aromatic nitrogens is 2. The van der Waals surface area contributed by atoms with Crippen molar-refractivity contribution >= 4 is 23.7 Å². The zero-order valence-electron chi connectivity index (χ0n) is 16.6. The molecule has 28 heavy (non-hydrogen) atoms. The largest absolute Gasteiger partial charge is 0.481 e. The lowest BCUT2D eigenvalue weighted by Gasteiger charge is -2.33. The van der Waals surface area contributed by atoms with E-state index in [1.54, 1.807) is 4.90 Å². The number of hydrogen-bond acceptors (Lipinski definition) is 7. The van der Waals surface area contributed by atoms with Gasteiger partial charge in [0.25, 0.3) is 0 Å². The number of nitrogens with one attached hydrogen (secondary N) is 1. The Bertz CT molecular complexity index is 698. The SMILES string of the molecule is CCOC(=O)N1CCC(Nc2cc(N3CCC(C(=O)O)CC3)nc(C)n2)CC1. The molecule has 2 aliphatic rings.